The highest BCUT2D eigenvalue weighted by atomic mass is 16.6. The number of rotatable bonds is 3. The van der Waals surface area contributed by atoms with E-state index >= 15 is 0 Å². The third kappa shape index (κ3) is 2.26. The summed E-state index contributed by atoms with van der Waals surface area (Å²) in [6.45, 7) is 2.04. The molecule has 1 aliphatic rings. The van der Waals surface area contributed by atoms with Gasteiger partial charge in [-0.1, -0.05) is 60.7 Å². The summed E-state index contributed by atoms with van der Waals surface area (Å²) in [5.74, 6) is -0.311. The van der Waals surface area contributed by atoms with E-state index < -0.39 is 5.72 Å². The molecule has 118 valence electrons. The molecule has 0 amide bonds. The molecular weight excluding hydrogens is 298 g/mol. The highest BCUT2D eigenvalue weighted by Gasteiger charge is 2.47. The zero-order valence-electron chi connectivity index (χ0n) is 13.3. The Morgan fingerprint density at radius 2 is 1.62 bits per heavy atom. The lowest BCUT2D eigenvalue weighted by molar-refractivity contribution is 0.0212. The third-order valence-electron chi connectivity index (χ3n) is 4.29. The molecule has 3 aromatic carbocycles. The van der Waals surface area contributed by atoms with Crippen LogP contribution in [-0.4, -0.2) is 5.97 Å². The number of benzene rings is 3. The van der Waals surface area contributed by atoms with Crippen molar-refractivity contribution in [3.63, 3.8) is 0 Å². The van der Waals surface area contributed by atoms with Gasteiger partial charge in [-0.05, 0) is 30.7 Å². The summed E-state index contributed by atoms with van der Waals surface area (Å²) in [7, 11) is 0. The van der Waals surface area contributed by atoms with Crippen LogP contribution in [0.5, 0.6) is 0 Å². The molecule has 0 saturated carbocycles. The van der Waals surface area contributed by atoms with Crippen LogP contribution in [0, 0.1) is 6.92 Å². The number of carbonyl (C=O) groups is 1. The highest BCUT2D eigenvalue weighted by Crippen LogP contribution is 2.42. The average molecular weight is 315 g/mol. The van der Waals surface area contributed by atoms with E-state index in [0.717, 1.165) is 22.4 Å². The van der Waals surface area contributed by atoms with Crippen LogP contribution in [0.3, 0.4) is 0 Å². The molecule has 0 fully saturated rings. The fraction of sp³-hybridized carbons (Fsp3) is 0.0952. The largest absolute Gasteiger partial charge is 0.427 e. The first-order valence-electron chi connectivity index (χ1n) is 7.92. The molecule has 1 aliphatic heterocycles. The maximum Gasteiger partial charge on any atom is 0.341 e. The summed E-state index contributed by atoms with van der Waals surface area (Å²) < 4.78 is 5.90. The van der Waals surface area contributed by atoms with Crippen LogP contribution >= 0.6 is 0 Å². The van der Waals surface area contributed by atoms with Crippen molar-refractivity contribution in [2.75, 3.05) is 5.32 Å². The Balaban J connectivity index is 1.91. The standard InChI is InChI=1S/C21H17NO2/c1-15-8-7-11-17(14-15)22-21(16-9-3-2-4-10-16)19-13-6-5-12-18(19)20(23)24-21/h2-14,22H,1H3/t21-/m1/s1. The Hall–Kier alpha value is -3.07. The number of esters is 1. The van der Waals surface area contributed by atoms with Crippen molar-refractivity contribution < 1.29 is 9.53 Å². The second-order valence-corrected chi connectivity index (χ2v) is 5.98. The van der Waals surface area contributed by atoms with Crippen molar-refractivity contribution in [2.45, 2.75) is 12.6 Å². The summed E-state index contributed by atoms with van der Waals surface area (Å²) in [6.07, 6.45) is 0. The van der Waals surface area contributed by atoms with E-state index in [2.05, 4.69) is 5.32 Å². The van der Waals surface area contributed by atoms with E-state index in [9.17, 15) is 4.79 Å². The summed E-state index contributed by atoms with van der Waals surface area (Å²) in [5, 5.41) is 3.46. The number of ether oxygens (including phenoxy) is 1. The minimum Gasteiger partial charge on any atom is -0.427 e. The van der Waals surface area contributed by atoms with E-state index in [1.165, 1.54) is 0 Å². The molecule has 3 aromatic rings. The first kappa shape index (κ1) is 14.5. The van der Waals surface area contributed by atoms with Crippen molar-refractivity contribution in [1.29, 1.82) is 0 Å². The molecule has 3 heteroatoms. The fourth-order valence-electron chi connectivity index (χ4n) is 3.20. The lowest BCUT2D eigenvalue weighted by atomic mass is 9.92. The number of anilines is 1. The van der Waals surface area contributed by atoms with E-state index in [1.54, 1.807) is 6.07 Å². The molecule has 0 radical (unpaired) electrons. The number of hydrogen-bond donors (Lipinski definition) is 1. The zero-order valence-corrected chi connectivity index (χ0v) is 13.3. The van der Waals surface area contributed by atoms with Crippen LogP contribution in [-0.2, 0) is 10.5 Å². The fourth-order valence-corrected chi connectivity index (χ4v) is 3.20. The lowest BCUT2D eigenvalue weighted by Crippen LogP contribution is -2.36. The molecule has 0 bridgehead atoms. The Kier molecular flexibility index (Phi) is 3.35. The molecule has 4 rings (SSSR count). The monoisotopic (exact) mass is 315 g/mol. The van der Waals surface area contributed by atoms with E-state index in [1.807, 2.05) is 79.7 Å². The number of nitrogens with one attached hydrogen (secondary N) is 1. The van der Waals surface area contributed by atoms with Crippen molar-refractivity contribution in [3.8, 4) is 0 Å². The second kappa shape index (κ2) is 5.53. The SMILES string of the molecule is Cc1cccc(N[C@]2(c3ccccc3)OC(=O)c3ccccc32)c1. The van der Waals surface area contributed by atoms with Crippen molar-refractivity contribution in [1.82, 2.24) is 0 Å². The number of carbonyl (C=O) groups excluding carboxylic acids is 1. The summed E-state index contributed by atoms with van der Waals surface area (Å²) in [6, 6.07) is 25.4. The summed E-state index contributed by atoms with van der Waals surface area (Å²) in [5.41, 5.74) is 3.36. The Bertz CT molecular complexity index is 904. The van der Waals surface area contributed by atoms with Gasteiger partial charge < -0.3 is 10.1 Å². The van der Waals surface area contributed by atoms with Gasteiger partial charge in [-0.2, -0.15) is 0 Å². The van der Waals surface area contributed by atoms with Crippen LogP contribution in [0.25, 0.3) is 0 Å². The molecule has 1 heterocycles. The molecule has 24 heavy (non-hydrogen) atoms. The Morgan fingerprint density at radius 1 is 0.875 bits per heavy atom. The number of aryl methyl sites for hydroxylation is 1. The normalized spacial score (nSPS) is 18.8. The molecule has 1 atom stereocenters. The smallest absolute Gasteiger partial charge is 0.341 e. The predicted molar refractivity (Wildman–Crippen MR) is 93.9 cm³/mol. The predicted octanol–water partition coefficient (Wildman–Crippen LogP) is 4.48. The van der Waals surface area contributed by atoms with Crippen LogP contribution in [0.4, 0.5) is 5.69 Å². The van der Waals surface area contributed by atoms with E-state index in [4.69, 9.17) is 4.74 Å². The molecule has 0 aliphatic carbocycles. The zero-order chi connectivity index (χ0) is 16.6. The van der Waals surface area contributed by atoms with Crippen LogP contribution in [0.2, 0.25) is 0 Å². The van der Waals surface area contributed by atoms with Gasteiger partial charge in [0.2, 0.25) is 5.72 Å². The first-order valence-corrected chi connectivity index (χ1v) is 7.92. The van der Waals surface area contributed by atoms with E-state index in [-0.39, 0.29) is 5.97 Å². The maximum absolute atomic E-state index is 12.4. The summed E-state index contributed by atoms with van der Waals surface area (Å²) >= 11 is 0. The molecule has 0 spiro atoms. The molecule has 1 N–H and O–H groups in total. The molecular formula is C21H17NO2. The summed E-state index contributed by atoms with van der Waals surface area (Å²) in [4.78, 5) is 12.4. The van der Waals surface area contributed by atoms with Gasteiger partial charge >= 0.3 is 5.97 Å². The Morgan fingerprint density at radius 3 is 2.42 bits per heavy atom. The van der Waals surface area contributed by atoms with Gasteiger partial charge in [0.25, 0.3) is 0 Å². The molecule has 0 unspecified atom stereocenters. The highest BCUT2D eigenvalue weighted by molar-refractivity contribution is 5.96. The molecule has 0 aromatic heterocycles. The molecule has 0 saturated heterocycles. The van der Waals surface area contributed by atoms with Gasteiger partial charge in [0, 0.05) is 16.8 Å². The van der Waals surface area contributed by atoms with Crippen LogP contribution < -0.4 is 5.32 Å². The van der Waals surface area contributed by atoms with Crippen molar-refractivity contribution >= 4 is 11.7 Å². The maximum atomic E-state index is 12.4. The topological polar surface area (TPSA) is 38.3 Å². The van der Waals surface area contributed by atoms with Crippen LogP contribution in [0.1, 0.15) is 27.0 Å². The van der Waals surface area contributed by atoms with Gasteiger partial charge in [-0.15, -0.1) is 0 Å². The number of fused-ring (bicyclic) bond motifs is 1. The van der Waals surface area contributed by atoms with Crippen molar-refractivity contribution in [3.05, 3.63) is 101 Å². The van der Waals surface area contributed by atoms with E-state index in [0.29, 0.717) is 5.56 Å². The quantitative estimate of drug-likeness (QED) is 0.724. The average Bonchev–Trinajstić information content (AvgIpc) is 2.89. The van der Waals surface area contributed by atoms with Crippen LogP contribution in [0.15, 0.2) is 78.9 Å². The third-order valence-corrected chi connectivity index (χ3v) is 4.29. The first-order chi connectivity index (χ1) is 11.7. The van der Waals surface area contributed by atoms with Gasteiger partial charge in [-0.25, -0.2) is 4.79 Å². The van der Waals surface area contributed by atoms with Gasteiger partial charge in [0.15, 0.2) is 0 Å². The Labute approximate surface area is 140 Å². The van der Waals surface area contributed by atoms with Crippen molar-refractivity contribution in [2.24, 2.45) is 0 Å². The lowest BCUT2D eigenvalue weighted by Gasteiger charge is -2.31. The molecule has 3 nitrogen and oxygen atoms in total. The minimum absolute atomic E-state index is 0.311. The minimum atomic E-state index is -1.01. The van der Waals surface area contributed by atoms with Gasteiger partial charge in [-0.3, -0.25) is 0 Å². The second-order valence-electron chi connectivity index (χ2n) is 5.98. The van der Waals surface area contributed by atoms with Gasteiger partial charge in [0.05, 0.1) is 5.56 Å². The number of cyclic esters (lactones) is 1. The van der Waals surface area contributed by atoms with Gasteiger partial charge in [0.1, 0.15) is 0 Å². The number of hydrogen-bond acceptors (Lipinski definition) is 3.